The molecule has 0 atom stereocenters. The van der Waals surface area contributed by atoms with Gasteiger partial charge in [-0.3, -0.25) is 0 Å². The molecule has 4 heteroatoms. The first-order valence-corrected chi connectivity index (χ1v) is 6.71. The fourth-order valence-corrected chi connectivity index (χ4v) is 3.11. The van der Waals surface area contributed by atoms with E-state index in [2.05, 4.69) is 10.2 Å². The van der Waals surface area contributed by atoms with Crippen molar-refractivity contribution < 1.29 is 0 Å². The molecule has 1 aromatic heterocycles. The van der Waals surface area contributed by atoms with E-state index in [0.29, 0.717) is 6.54 Å². The maximum atomic E-state index is 5.53. The molecule has 1 aliphatic rings. The minimum absolute atomic E-state index is 0.530. The summed E-state index contributed by atoms with van der Waals surface area (Å²) < 4.78 is 0. The average molecular weight is 225 g/mol. The Morgan fingerprint density at radius 2 is 1.73 bits per heavy atom. The van der Waals surface area contributed by atoms with E-state index in [9.17, 15) is 0 Å². The van der Waals surface area contributed by atoms with E-state index < -0.39 is 0 Å². The molecular formula is C11H19N3S. The van der Waals surface area contributed by atoms with Crippen molar-refractivity contribution in [2.45, 2.75) is 51.5 Å². The Bertz CT molecular complexity index is 290. The van der Waals surface area contributed by atoms with Crippen LogP contribution >= 0.6 is 11.3 Å². The monoisotopic (exact) mass is 225 g/mol. The molecule has 1 aromatic rings. The van der Waals surface area contributed by atoms with Crippen molar-refractivity contribution in [3.8, 4) is 0 Å². The molecule has 84 valence electrons. The third-order valence-electron chi connectivity index (χ3n) is 3.12. The van der Waals surface area contributed by atoms with Gasteiger partial charge in [0.15, 0.2) is 0 Å². The number of hydrogen-bond acceptors (Lipinski definition) is 4. The zero-order chi connectivity index (χ0) is 10.5. The molecule has 0 bridgehead atoms. The topological polar surface area (TPSA) is 51.8 Å². The van der Waals surface area contributed by atoms with E-state index in [1.807, 2.05) is 0 Å². The summed E-state index contributed by atoms with van der Waals surface area (Å²) in [4.78, 5) is 0. The molecule has 1 aliphatic carbocycles. The fraction of sp³-hybridized carbons (Fsp3) is 0.818. The van der Waals surface area contributed by atoms with E-state index in [-0.39, 0.29) is 0 Å². The largest absolute Gasteiger partial charge is 0.324 e. The molecule has 0 radical (unpaired) electrons. The van der Waals surface area contributed by atoms with Crippen molar-refractivity contribution in [3.05, 3.63) is 10.0 Å². The summed E-state index contributed by atoms with van der Waals surface area (Å²) in [5.41, 5.74) is 5.53. The van der Waals surface area contributed by atoms with Gasteiger partial charge in [-0.15, -0.1) is 21.5 Å². The van der Waals surface area contributed by atoms with Gasteiger partial charge in [-0.1, -0.05) is 38.5 Å². The molecule has 0 aliphatic heterocycles. The van der Waals surface area contributed by atoms with Gasteiger partial charge >= 0.3 is 0 Å². The normalized spacial score (nSPS) is 19.0. The predicted octanol–water partition coefficient (Wildman–Crippen LogP) is 2.51. The highest BCUT2D eigenvalue weighted by molar-refractivity contribution is 7.11. The third-order valence-corrected chi connectivity index (χ3v) is 4.09. The molecule has 2 N–H and O–H groups in total. The molecular weight excluding hydrogens is 206 g/mol. The van der Waals surface area contributed by atoms with Gasteiger partial charge in [0, 0.05) is 13.0 Å². The van der Waals surface area contributed by atoms with Crippen LogP contribution in [0.15, 0.2) is 0 Å². The first-order valence-electron chi connectivity index (χ1n) is 5.90. The number of hydrogen-bond donors (Lipinski definition) is 1. The van der Waals surface area contributed by atoms with Gasteiger partial charge < -0.3 is 5.73 Å². The second-order valence-electron chi connectivity index (χ2n) is 4.36. The smallest absolute Gasteiger partial charge is 0.131 e. The zero-order valence-electron chi connectivity index (χ0n) is 9.11. The highest BCUT2D eigenvalue weighted by Crippen LogP contribution is 2.26. The molecule has 0 aromatic carbocycles. The quantitative estimate of drug-likeness (QED) is 0.804. The lowest BCUT2D eigenvalue weighted by molar-refractivity contribution is 0.456. The van der Waals surface area contributed by atoms with Gasteiger partial charge in [-0.05, 0) is 5.92 Å². The molecule has 0 spiro atoms. The Kier molecular flexibility index (Phi) is 4.09. The van der Waals surface area contributed by atoms with E-state index in [4.69, 9.17) is 5.73 Å². The van der Waals surface area contributed by atoms with Crippen LogP contribution in [-0.2, 0) is 13.0 Å². The van der Waals surface area contributed by atoms with Gasteiger partial charge in [0.2, 0.25) is 0 Å². The Labute approximate surface area is 95.1 Å². The summed E-state index contributed by atoms with van der Waals surface area (Å²) in [6.45, 7) is 0.530. The van der Waals surface area contributed by atoms with E-state index in [1.54, 1.807) is 11.3 Å². The SMILES string of the molecule is NCc1nnc(CC2CCCCCC2)s1. The van der Waals surface area contributed by atoms with Crippen LogP contribution in [0.5, 0.6) is 0 Å². The highest BCUT2D eigenvalue weighted by Gasteiger charge is 2.15. The second-order valence-corrected chi connectivity index (χ2v) is 5.50. The summed E-state index contributed by atoms with van der Waals surface area (Å²) in [6.07, 6.45) is 9.49. The highest BCUT2D eigenvalue weighted by atomic mass is 32.1. The first kappa shape index (κ1) is 11.0. The summed E-state index contributed by atoms with van der Waals surface area (Å²) in [5, 5.41) is 10.4. The Balaban J connectivity index is 1.89. The Morgan fingerprint density at radius 1 is 1.07 bits per heavy atom. The molecule has 2 rings (SSSR count). The molecule has 1 heterocycles. The number of rotatable bonds is 3. The third kappa shape index (κ3) is 3.24. The van der Waals surface area contributed by atoms with Crippen molar-refractivity contribution in [1.29, 1.82) is 0 Å². The molecule has 3 nitrogen and oxygen atoms in total. The van der Waals surface area contributed by atoms with E-state index >= 15 is 0 Å². The van der Waals surface area contributed by atoms with Crippen LogP contribution < -0.4 is 5.73 Å². The van der Waals surface area contributed by atoms with Gasteiger partial charge in [0.1, 0.15) is 10.0 Å². The summed E-state index contributed by atoms with van der Waals surface area (Å²) >= 11 is 1.69. The van der Waals surface area contributed by atoms with Gasteiger partial charge in [0.25, 0.3) is 0 Å². The Morgan fingerprint density at radius 3 is 2.33 bits per heavy atom. The minimum atomic E-state index is 0.530. The maximum Gasteiger partial charge on any atom is 0.131 e. The Hall–Kier alpha value is -0.480. The lowest BCUT2D eigenvalue weighted by Gasteiger charge is -2.10. The molecule has 0 amide bonds. The van der Waals surface area contributed by atoms with Crippen LogP contribution in [0.4, 0.5) is 0 Å². The van der Waals surface area contributed by atoms with E-state index in [1.165, 1.54) is 43.5 Å². The lowest BCUT2D eigenvalue weighted by Crippen LogP contribution is -2.02. The first-order chi connectivity index (χ1) is 7.38. The average Bonchev–Trinajstić information content (AvgIpc) is 2.54. The zero-order valence-corrected chi connectivity index (χ0v) is 9.93. The number of nitrogens with two attached hydrogens (primary N) is 1. The standard InChI is InChI=1S/C11H19N3S/c12-8-11-14-13-10(15-11)7-9-5-3-1-2-4-6-9/h9H,1-8,12H2. The van der Waals surface area contributed by atoms with Crippen LogP contribution in [0.3, 0.4) is 0 Å². The van der Waals surface area contributed by atoms with Crippen LogP contribution in [0, 0.1) is 5.92 Å². The van der Waals surface area contributed by atoms with Crippen molar-refractivity contribution >= 4 is 11.3 Å². The molecule has 1 saturated carbocycles. The summed E-state index contributed by atoms with van der Waals surface area (Å²) in [7, 11) is 0. The van der Waals surface area contributed by atoms with Crippen LogP contribution in [0.25, 0.3) is 0 Å². The lowest BCUT2D eigenvalue weighted by atomic mass is 9.97. The van der Waals surface area contributed by atoms with E-state index in [0.717, 1.165) is 17.3 Å². The van der Waals surface area contributed by atoms with Crippen molar-refractivity contribution in [2.24, 2.45) is 11.7 Å². The second kappa shape index (κ2) is 5.56. The van der Waals surface area contributed by atoms with Crippen LogP contribution in [0.2, 0.25) is 0 Å². The van der Waals surface area contributed by atoms with Crippen LogP contribution in [-0.4, -0.2) is 10.2 Å². The number of aromatic nitrogens is 2. The van der Waals surface area contributed by atoms with Crippen molar-refractivity contribution in [2.75, 3.05) is 0 Å². The molecule has 1 fully saturated rings. The molecule has 0 saturated heterocycles. The summed E-state index contributed by atoms with van der Waals surface area (Å²) in [6, 6.07) is 0. The number of nitrogens with zero attached hydrogens (tertiary/aromatic N) is 2. The van der Waals surface area contributed by atoms with Crippen molar-refractivity contribution in [1.82, 2.24) is 10.2 Å². The van der Waals surface area contributed by atoms with Gasteiger partial charge in [-0.2, -0.15) is 0 Å². The van der Waals surface area contributed by atoms with Crippen LogP contribution in [0.1, 0.15) is 48.5 Å². The fourth-order valence-electron chi connectivity index (χ4n) is 2.27. The van der Waals surface area contributed by atoms with Crippen molar-refractivity contribution in [3.63, 3.8) is 0 Å². The summed E-state index contributed by atoms with van der Waals surface area (Å²) in [5.74, 6) is 0.839. The molecule has 15 heavy (non-hydrogen) atoms. The van der Waals surface area contributed by atoms with Gasteiger partial charge in [0.05, 0.1) is 0 Å². The maximum absolute atomic E-state index is 5.53. The predicted molar refractivity (Wildman–Crippen MR) is 62.7 cm³/mol. The molecule has 0 unspecified atom stereocenters. The van der Waals surface area contributed by atoms with Gasteiger partial charge in [-0.25, -0.2) is 0 Å². The minimum Gasteiger partial charge on any atom is -0.324 e.